The Kier molecular flexibility index (Phi) is 2.76. The molecule has 1 aliphatic heterocycles. The number of nitrogens with two attached hydrogens (primary N) is 1. The van der Waals surface area contributed by atoms with Crippen molar-refractivity contribution in [2.24, 2.45) is 5.73 Å². The van der Waals surface area contributed by atoms with Gasteiger partial charge in [0.2, 0.25) is 0 Å². The standard InChI is InChI=1S/C13H14BrN3/c14-10-4-1-3-9(7-10)13-11(8-15)16-17-6-2-5-12(13)17/h1,3-4,7H,2,5-6,8,15H2. The van der Waals surface area contributed by atoms with Gasteiger partial charge in [0, 0.05) is 28.8 Å². The number of aryl methyl sites for hydroxylation is 1. The molecule has 0 radical (unpaired) electrons. The van der Waals surface area contributed by atoms with E-state index in [-0.39, 0.29) is 0 Å². The molecule has 2 heterocycles. The van der Waals surface area contributed by atoms with Crippen LogP contribution in [0, 0.1) is 0 Å². The Morgan fingerprint density at radius 2 is 2.29 bits per heavy atom. The number of hydrogen-bond donors (Lipinski definition) is 1. The summed E-state index contributed by atoms with van der Waals surface area (Å²) in [7, 11) is 0. The van der Waals surface area contributed by atoms with E-state index in [1.54, 1.807) is 0 Å². The molecule has 0 atom stereocenters. The van der Waals surface area contributed by atoms with Gasteiger partial charge in [-0.05, 0) is 30.5 Å². The van der Waals surface area contributed by atoms with Gasteiger partial charge < -0.3 is 5.73 Å². The van der Waals surface area contributed by atoms with Crippen molar-refractivity contribution in [2.75, 3.05) is 0 Å². The minimum Gasteiger partial charge on any atom is -0.325 e. The van der Waals surface area contributed by atoms with Crippen molar-refractivity contribution in [3.63, 3.8) is 0 Å². The predicted octanol–water partition coefficient (Wildman–Crippen LogP) is 2.72. The Labute approximate surface area is 109 Å². The molecule has 17 heavy (non-hydrogen) atoms. The monoisotopic (exact) mass is 291 g/mol. The van der Waals surface area contributed by atoms with E-state index < -0.39 is 0 Å². The molecular weight excluding hydrogens is 278 g/mol. The molecule has 2 aromatic rings. The van der Waals surface area contributed by atoms with Gasteiger partial charge in [0.15, 0.2) is 0 Å². The average Bonchev–Trinajstić information content (AvgIpc) is 2.87. The minimum absolute atomic E-state index is 0.502. The van der Waals surface area contributed by atoms with E-state index in [1.165, 1.54) is 23.2 Å². The molecule has 0 amide bonds. The molecule has 1 aromatic heterocycles. The molecule has 0 aliphatic carbocycles. The normalized spacial score (nSPS) is 14.0. The van der Waals surface area contributed by atoms with Crippen LogP contribution in [-0.4, -0.2) is 9.78 Å². The van der Waals surface area contributed by atoms with E-state index in [4.69, 9.17) is 5.73 Å². The predicted molar refractivity (Wildman–Crippen MR) is 71.6 cm³/mol. The molecule has 3 nitrogen and oxygen atoms in total. The smallest absolute Gasteiger partial charge is 0.0841 e. The maximum Gasteiger partial charge on any atom is 0.0841 e. The van der Waals surface area contributed by atoms with Crippen LogP contribution >= 0.6 is 15.9 Å². The molecule has 3 rings (SSSR count). The second kappa shape index (κ2) is 4.27. The van der Waals surface area contributed by atoms with Crippen molar-refractivity contribution in [3.05, 3.63) is 40.1 Å². The van der Waals surface area contributed by atoms with Crippen LogP contribution in [0.2, 0.25) is 0 Å². The lowest BCUT2D eigenvalue weighted by Crippen LogP contribution is -2.01. The number of aromatic nitrogens is 2. The third kappa shape index (κ3) is 1.81. The van der Waals surface area contributed by atoms with Crippen LogP contribution < -0.4 is 5.73 Å². The largest absolute Gasteiger partial charge is 0.325 e. The topological polar surface area (TPSA) is 43.8 Å². The first kappa shape index (κ1) is 11.0. The summed E-state index contributed by atoms with van der Waals surface area (Å²) in [5, 5.41) is 4.59. The average molecular weight is 292 g/mol. The Morgan fingerprint density at radius 1 is 1.41 bits per heavy atom. The van der Waals surface area contributed by atoms with Crippen LogP contribution in [0.5, 0.6) is 0 Å². The van der Waals surface area contributed by atoms with Gasteiger partial charge in [0.1, 0.15) is 0 Å². The van der Waals surface area contributed by atoms with Crippen molar-refractivity contribution in [2.45, 2.75) is 25.9 Å². The van der Waals surface area contributed by atoms with Gasteiger partial charge in [-0.2, -0.15) is 5.10 Å². The van der Waals surface area contributed by atoms with E-state index in [0.29, 0.717) is 6.54 Å². The Morgan fingerprint density at radius 3 is 3.06 bits per heavy atom. The van der Waals surface area contributed by atoms with Crippen LogP contribution in [0.25, 0.3) is 11.1 Å². The number of rotatable bonds is 2. The summed E-state index contributed by atoms with van der Waals surface area (Å²) in [4.78, 5) is 0. The number of fused-ring (bicyclic) bond motifs is 1. The molecule has 0 fully saturated rings. The van der Waals surface area contributed by atoms with E-state index in [2.05, 4.69) is 43.9 Å². The minimum atomic E-state index is 0.502. The van der Waals surface area contributed by atoms with Crippen LogP contribution in [0.3, 0.4) is 0 Å². The van der Waals surface area contributed by atoms with Crippen LogP contribution in [0.4, 0.5) is 0 Å². The fraction of sp³-hybridized carbons (Fsp3) is 0.308. The molecule has 4 heteroatoms. The summed E-state index contributed by atoms with van der Waals surface area (Å²) in [5.74, 6) is 0. The molecular formula is C13H14BrN3. The van der Waals surface area contributed by atoms with Crippen molar-refractivity contribution < 1.29 is 0 Å². The van der Waals surface area contributed by atoms with E-state index >= 15 is 0 Å². The Balaban J connectivity index is 2.19. The summed E-state index contributed by atoms with van der Waals surface area (Å²) in [6, 6.07) is 8.35. The zero-order valence-corrected chi connectivity index (χ0v) is 11.1. The first-order chi connectivity index (χ1) is 8.29. The highest BCUT2D eigenvalue weighted by Crippen LogP contribution is 2.32. The fourth-order valence-corrected chi connectivity index (χ4v) is 2.91. The first-order valence-electron chi connectivity index (χ1n) is 5.84. The molecule has 0 bridgehead atoms. The second-order valence-electron chi connectivity index (χ2n) is 4.31. The van der Waals surface area contributed by atoms with E-state index in [0.717, 1.165) is 23.1 Å². The lowest BCUT2D eigenvalue weighted by atomic mass is 10.0. The van der Waals surface area contributed by atoms with E-state index in [1.807, 2.05) is 6.07 Å². The lowest BCUT2D eigenvalue weighted by molar-refractivity contribution is 0.644. The Bertz CT molecular complexity index is 560. The zero-order valence-electron chi connectivity index (χ0n) is 9.49. The third-order valence-corrected chi connectivity index (χ3v) is 3.71. The number of nitrogens with zero attached hydrogens (tertiary/aromatic N) is 2. The third-order valence-electron chi connectivity index (χ3n) is 3.22. The summed E-state index contributed by atoms with van der Waals surface area (Å²) < 4.78 is 3.20. The molecule has 1 aromatic carbocycles. The zero-order chi connectivity index (χ0) is 11.8. The highest BCUT2D eigenvalue weighted by Gasteiger charge is 2.21. The van der Waals surface area contributed by atoms with Gasteiger partial charge in [-0.1, -0.05) is 28.1 Å². The molecule has 0 spiro atoms. The summed E-state index contributed by atoms with van der Waals surface area (Å²) in [6.45, 7) is 1.53. The highest BCUT2D eigenvalue weighted by molar-refractivity contribution is 9.10. The van der Waals surface area contributed by atoms with Crippen LogP contribution in [0.1, 0.15) is 17.8 Å². The van der Waals surface area contributed by atoms with Crippen molar-refractivity contribution >= 4 is 15.9 Å². The summed E-state index contributed by atoms with van der Waals surface area (Å²) in [5.41, 5.74) is 10.6. The van der Waals surface area contributed by atoms with Gasteiger partial charge in [-0.25, -0.2) is 0 Å². The van der Waals surface area contributed by atoms with Crippen LogP contribution in [0.15, 0.2) is 28.7 Å². The molecule has 2 N–H and O–H groups in total. The van der Waals surface area contributed by atoms with Crippen LogP contribution in [-0.2, 0) is 19.5 Å². The van der Waals surface area contributed by atoms with Gasteiger partial charge in [-0.3, -0.25) is 4.68 Å². The maximum absolute atomic E-state index is 5.80. The molecule has 1 aliphatic rings. The molecule has 0 saturated heterocycles. The van der Waals surface area contributed by atoms with Crippen molar-refractivity contribution in [1.29, 1.82) is 0 Å². The molecule has 0 unspecified atom stereocenters. The van der Waals surface area contributed by atoms with Gasteiger partial charge in [-0.15, -0.1) is 0 Å². The van der Waals surface area contributed by atoms with Crippen molar-refractivity contribution in [1.82, 2.24) is 9.78 Å². The quantitative estimate of drug-likeness (QED) is 0.925. The molecule has 0 saturated carbocycles. The molecule has 88 valence electrons. The van der Waals surface area contributed by atoms with Crippen molar-refractivity contribution in [3.8, 4) is 11.1 Å². The summed E-state index contributed by atoms with van der Waals surface area (Å²) in [6.07, 6.45) is 2.29. The fourth-order valence-electron chi connectivity index (χ4n) is 2.51. The summed E-state index contributed by atoms with van der Waals surface area (Å²) >= 11 is 3.52. The number of halogens is 1. The van der Waals surface area contributed by atoms with Gasteiger partial charge in [0.25, 0.3) is 0 Å². The van der Waals surface area contributed by atoms with E-state index in [9.17, 15) is 0 Å². The number of benzene rings is 1. The second-order valence-corrected chi connectivity index (χ2v) is 5.23. The van der Waals surface area contributed by atoms with Gasteiger partial charge in [0.05, 0.1) is 5.69 Å². The lowest BCUT2D eigenvalue weighted by Gasteiger charge is -2.04. The SMILES string of the molecule is NCc1nn2c(c1-c1cccc(Br)c1)CCC2. The van der Waals surface area contributed by atoms with Gasteiger partial charge >= 0.3 is 0 Å². The maximum atomic E-state index is 5.80. The number of hydrogen-bond acceptors (Lipinski definition) is 2. The highest BCUT2D eigenvalue weighted by atomic mass is 79.9. The Hall–Kier alpha value is -1.13. The first-order valence-corrected chi connectivity index (χ1v) is 6.63.